The maximum absolute atomic E-state index is 10.3. The summed E-state index contributed by atoms with van der Waals surface area (Å²) in [5, 5.41) is 0. The van der Waals surface area contributed by atoms with Crippen LogP contribution >= 0.6 is 0 Å². The molecule has 78 valence electrons. The van der Waals surface area contributed by atoms with Crippen molar-refractivity contribution in [3.05, 3.63) is 17.1 Å². The number of carbonyl (C=O) groups excluding carboxylic acids is 1. The lowest BCUT2D eigenvalue weighted by Crippen LogP contribution is -2.04. The Hall–Kier alpha value is -1.49. The third-order valence-corrected chi connectivity index (χ3v) is 1.47. The van der Waals surface area contributed by atoms with E-state index in [9.17, 15) is 4.79 Å². The van der Waals surface area contributed by atoms with Crippen molar-refractivity contribution in [2.24, 2.45) is 0 Å². The number of nitrogen functional groups attached to an aromatic ring is 1. The molecule has 14 heavy (non-hydrogen) atoms. The maximum Gasteiger partial charge on any atom is 0.172 e. The number of anilines is 1. The minimum atomic E-state index is 0.197. The molecule has 0 atom stereocenters. The van der Waals surface area contributed by atoms with E-state index < -0.39 is 0 Å². The van der Waals surface area contributed by atoms with Crippen molar-refractivity contribution in [2.45, 2.75) is 13.8 Å². The molecule has 0 aliphatic heterocycles. The first kappa shape index (κ1) is 12.5. The van der Waals surface area contributed by atoms with Gasteiger partial charge < -0.3 is 10.5 Å². The number of aryl methyl sites for hydroxylation is 2. The van der Waals surface area contributed by atoms with Crippen molar-refractivity contribution < 1.29 is 9.53 Å². The second kappa shape index (κ2) is 6.04. The van der Waals surface area contributed by atoms with Crippen molar-refractivity contribution in [3.63, 3.8) is 0 Å². The average molecular weight is 197 g/mol. The number of aromatic nitrogens is 2. The molecule has 2 N–H and O–H groups in total. The number of nitrogens with two attached hydrogens (primary N) is 1. The molecule has 1 rings (SSSR count). The largest absolute Gasteiger partial charge is 0.388 e. The first-order valence-electron chi connectivity index (χ1n) is 4.02. The number of hydrogen-bond donors (Lipinski definition) is 1. The highest BCUT2D eigenvalue weighted by atomic mass is 16.4. The first-order valence-corrected chi connectivity index (χ1v) is 4.02. The van der Waals surface area contributed by atoms with Crippen molar-refractivity contribution in [1.82, 2.24) is 9.97 Å². The number of hydrogen-bond acceptors (Lipinski definition) is 5. The van der Waals surface area contributed by atoms with Gasteiger partial charge in [0.05, 0.1) is 11.4 Å². The summed E-state index contributed by atoms with van der Waals surface area (Å²) in [5.41, 5.74) is 7.11. The summed E-state index contributed by atoms with van der Waals surface area (Å²) in [5.74, 6) is 0.197. The fourth-order valence-electron chi connectivity index (χ4n) is 0.724. The normalized spacial score (nSPS) is 8.86. The molecule has 0 fully saturated rings. The maximum atomic E-state index is 10.3. The number of methoxy groups -OCH3 is 1. The third kappa shape index (κ3) is 3.49. The summed E-state index contributed by atoms with van der Waals surface area (Å²) in [7, 11) is 3.25. The molecular weight excluding hydrogens is 182 g/mol. The predicted molar refractivity (Wildman–Crippen MR) is 54.2 cm³/mol. The zero-order valence-electron chi connectivity index (χ0n) is 8.87. The van der Waals surface area contributed by atoms with E-state index in [2.05, 4.69) is 14.7 Å². The summed E-state index contributed by atoms with van der Waals surface area (Å²) in [6, 6.07) is 0. The molecule has 0 bridgehead atoms. The minimum absolute atomic E-state index is 0.197. The highest BCUT2D eigenvalue weighted by Crippen LogP contribution is 2.06. The van der Waals surface area contributed by atoms with Gasteiger partial charge in [-0.3, -0.25) is 4.79 Å². The minimum Gasteiger partial charge on any atom is -0.388 e. The van der Waals surface area contributed by atoms with Gasteiger partial charge in [0.15, 0.2) is 12.1 Å². The molecule has 0 aliphatic carbocycles. The van der Waals surface area contributed by atoms with Crippen LogP contribution in [0.25, 0.3) is 0 Å². The van der Waals surface area contributed by atoms with E-state index in [1.807, 2.05) is 0 Å². The van der Waals surface area contributed by atoms with Gasteiger partial charge in [0.2, 0.25) is 0 Å². The van der Waals surface area contributed by atoms with Crippen molar-refractivity contribution in [1.29, 1.82) is 0 Å². The Morgan fingerprint density at radius 1 is 1.21 bits per heavy atom. The lowest BCUT2D eigenvalue weighted by molar-refractivity contribution is 0.111. The molecule has 0 aliphatic rings. The Morgan fingerprint density at radius 2 is 1.64 bits per heavy atom. The van der Waals surface area contributed by atoms with Gasteiger partial charge in [0.1, 0.15) is 5.69 Å². The lowest BCUT2D eigenvalue weighted by Gasteiger charge is -2.00. The SMILES string of the molecule is COC.Cc1nc(N)c(C=O)nc1C. The monoisotopic (exact) mass is 197 g/mol. The number of nitrogens with zero attached hydrogens (tertiary/aromatic N) is 2. The quantitative estimate of drug-likeness (QED) is 0.672. The van der Waals surface area contributed by atoms with E-state index in [4.69, 9.17) is 5.73 Å². The van der Waals surface area contributed by atoms with E-state index in [1.54, 1.807) is 28.1 Å². The Morgan fingerprint density at radius 3 is 2.07 bits per heavy atom. The molecule has 5 heteroatoms. The van der Waals surface area contributed by atoms with Gasteiger partial charge in [-0.05, 0) is 13.8 Å². The van der Waals surface area contributed by atoms with E-state index >= 15 is 0 Å². The lowest BCUT2D eigenvalue weighted by atomic mass is 10.3. The molecular formula is C9H15N3O2. The van der Waals surface area contributed by atoms with Gasteiger partial charge in [-0.25, -0.2) is 9.97 Å². The molecule has 5 nitrogen and oxygen atoms in total. The number of ether oxygens (including phenoxy) is 1. The standard InChI is InChI=1S/C7H9N3O.C2H6O/c1-4-5(2)10-7(8)6(3-11)9-4;1-3-2/h3H,1-2H3,(H2,8,10);1-2H3. The zero-order chi connectivity index (χ0) is 11.1. The fourth-order valence-corrected chi connectivity index (χ4v) is 0.724. The Labute approximate surface area is 83.3 Å². The topological polar surface area (TPSA) is 78.1 Å². The smallest absolute Gasteiger partial charge is 0.172 e. The van der Waals surface area contributed by atoms with Crippen LogP contribution in [0.4, 0.5) is 5.82 Å². The van der Waals surface area contributed by atoms with E-state index in [1.165, 1.54) is 0 Å². The Kier molecular flexibility index (Phi) is 5.40. The molecule has 0 saturated carbocycles. The van der Waals surface area contributed by atoms with Crippen LogP contribution in [0.2, 0.25) is 0 Å². The molecule has 1 heterocycles. The molecule has 0 unspecified atom stereocenters. The van der Waals surface area contributed by atoms with Gasteiger partial charge in [-0.15, -0.1) is 0 Å². The highest BCUT2D eigenvalue weighted by molar-refractivity contribution is 5.78. The van der Waals surface area contributed by atoms with Crippen LogP contribution in [0, 0.1) is 13.8 Å². The van der Waals surface area contributed by atoms with Crippen LogP contribution in [-0.2, 0) is 4.74 Å². The van der Waals surface area contributed by atoms with Crippen molar-refractivity contribution >= 4 is 12.1 Å². The summed E-state index contributed by atoms with van der Waals surface area (Å²) < 4.78 is 4.25. The molecule has 1 aromatic rings. The molecule has 0 spiro atoms. The van der Waals surface area contributed by atoms with Crippen LogP contribution < -0.4 is 5.73 Å². The van der Waals surface area contributed by atoms with Crippen LogP contribution in [0.3, 0.4) is 0 Å². The Bertz CT molecular complexity index is 313. The average Bonchev–Trinajstić information content (AvgIpc) is 2.12. The van der Waals surface area contributed by atoms with Gasteiger partial charge >= 0.3 is 0 Å². The van der Waals surface area contributed by atoms with E-state index in [0.29, 0.717) is 6.29 Å². The summed E-state index contributed by atoms with van der Waals surface area (Å²) in [6.07, 6.45) is 0.606. The first-order chi connectivity index (χ1) is 6.56. The number of carbonyl (C=O) groups is 1. The van der Waals surface area contributed by atoms with Crippen molar-refractivity contribution in [2.75, 3.05) is 20.0 Å². The zero-order valence-corrected chi connectivity index (χ0v) is 8.87. The summed E-state index contributed by atoms with van der Waals surface area (Å²) in [6.45, 7) is 3.59. The number of aldehydes is 1. The highest BCUT2D eigenvalue weighted by Gasteiger charge is 2.03. The van der Waals surface area contributed by atoms with Crippen LogP contribution in [0.5, 0.6) is 0 Å². The molecule has 0 amide bonds. The predicted octanol–water partition coefficient (Wildman–Crippen LogP) is 0.751. The van der Waals surface area contributed by atoms with E-state index in [0.717, 1.165) is 11.4 Å². The third-order valence-electron chi connectivity index (χ3n) is 1.47. The molecule has 0 saturated heterocycles. The van der Waals surface area contributed by atoms with Crippen LogP contribution in [-0.4, -0.2) is 30.5 Å². The van der Waals surface area contributed by atoms with E-state index in [-0.39, 0.29) is 11.5 Å². The van der Waals surface area contributed by atoms with Gasteiger partial charge in [0.25, 0.3) is 0 Å². The summed E-state index contributed by atoms with van der Waals surface area (Å²) >= 11 is 0. The summed E-state index contributed by atoms with van der Waals surface area (Å²) in [4.78, 5) is 18.2. The second-order valence-electron chi connectivity index (χ2n) is 2.69. The van der Waals surface area contributed by atoms with Crippen LogP contribution in [0.1, 0.15) is 21.9 Å². The van der Waals surface area contributed by atoms with Crippen LogP contribution in [0.15, 0.2) is 0 Å². The molecule has 0 aromatic carbocycles. The molecule has 0 radical (unpaired) electrons. The fraction of sp³-hybridized carbons (Fsp3) is 0.444. The van der Waals surface area contributed by atoms with Crippen molar-refractivity contribution in [3.8, 4) is 0 Å². The van der Waals surface area contributed by atoms with Gasteiger partial charge in [-0.1, -0.05) is 0 Å². The second-order valence-corrected chi connectivity index (χ2v) is 2.69. The van der Waals surface area contributed by atoms with Gasteiger partial charge in [0, 0.05) is 14.2 Å². The number of rotatable bonds is 1. The van der Waals surface area contributed by atoms with Gasteiger partial charge in [-0.2, -0.15) is 0 Å². The Balaban J connectivity index is 0.000000500. The molecule has 1 aromatic heterocycles.